The summed E-state index contributed by atoms with van der Waals surface area (Å²) in [7, 11) is 0. The number of nitrogens with zero attached hydrogens (tertiary/aromatic N) is 3. The normalized spacial score (nSPS) is 17.0. The number of aryl methyl sites for hydroxylation is 1. The fourth-order valence-electron chi connectivity index (χ4n) is 3.36. The quantitative estimate of drug-likeness (QED) is 0.663. The fourth-order valence-corrected chi connectivity index (χ4v) is 3.71. The molecule has 1 aromatic heterocycles. The third-order valence-corrected chi connectivity index (χ3v) is 5.16. The van der Waals surface area contributed by atoms with E-state index in [1.165, 1.54) is 16.8 Å². The van der Waals surface area contributed by atoms with Gasteiger partial charge in [0.1, 0.15) is 17.1 Å². The van der Waals surface area contributed by atoms with Crippen LogP contribution in [0, 0.1) is 12.7 Å². The largest absolute Gasteiger partial charge is 0.370 e. The second-order valence-corrected chi connectivity index (χ2v) is 7.02. The summed E-state index contributed by atoms with van der Waals surface area (Å²) in [4.78, 5) is 14.9. The van der Waals surface area contributed by atoms with Crippen molar-refractivity contribution in [3.8, 4) is 5.69 Å². The Balaban J connectivity index is 1.60. The first-order chi connectivity index (χ1) is 13.5. The van der Waals surface area contributed by atoms with Crippen molar-refractivity contribution in [3.63, 3.8) is 0 Å². The molecule has 0 saturated carbocycles. The van der Waals surface area contributed by atoms with Crippen LogP contribution in [0.5, 0.6) is 0 Å². The van der Waals surface area contributed by atoms with E-state index in [9.17, 15) is 9.18 Å². The van der Waals surface area contributed by atoms with Gasteiger partial charge in [0.25, 0.3) is 5.91 Å². The molecule has 0 aliphatic carbocycles. The topological polar surface area (TPSA) is 47.4 Å². The summed E-state index contributed by atoms with van der Waals surface area (Å²) in [6.07, 6.45) is -0.176. The number of morpholine rings is 1. The lowest BCUT2D eigenvalue weighted by Crippen LogP contribution is -2.42. The molecule has 2 heterocycles. The van der Waals surface area contributed by atoms with E-state index in [-0.39, 0.29) is 23.0 Å². The molecule has 1 aliphatic heterocycles. The van der Waals surface area contributed by atoms with Gasteiger partial charge in [-0.1, -0.05) is 41.9 Å². The maximum atomic E-state index is 13.2. The molecular formula is C21H19ClFN3O2. The molecule has 1 fully saturated rings. The summed E-state index contributed by atoms with van der Waals surface area (Å²) in [5, 5.41) is 4.61. The molecule has 0 radical (unpaired) electrons. The number of carbonyl (C=O) groups excluding carboxylic acids is 1. The molecule has 1 saturated heterocycles. The van der Waals surface area contributed by atoms with Gasteiger partial charge in [0, 0.05) is 6.54 Å². The van der Waals surface area contributed by atoms with E-state index in [1.807, 2.05) is 30.3 Å². The molecule has 144 valence electrons. The third-order valence-electron chi connectivity index (χ3n) is 4.81. The number of benzene rings is 2. The standard InChI is InChI=1S/C21H19ClFN3O2/c1-14-19(20(22)26(24-14)17-9-7-16(23)8-10-17)21(27)25-11-12-28-18(13-25)15-5-3-2-4-6-15/h2-10,18H,11-13H2,1H3/t18-/m1/s1. The van der Waals surface area contributed by atoms with Crippen molar-refractivity contribution in [1.29, 1.82) is 0 Å². The van der Waals surface area contributed by atoms with E-state index in [0.717, 1.165) is 5.56 Å². The number of carbonyl (C=O) groups is 1. The van der Waals surface area contributed by atoms with Crippen LogP contribution >= 0.6 is 11.6 Å². The van der Waals surface area contributed by atoms with Crippen LogP contribution in [-0.2, 0) is 4.74 Å². The van der Waals surface area contributed by atoms with E-state index in [2.05, 4.69) is 5.10 Å². The van der Waals surface area contributed by atoms with E-state index >= 15 is 0 Å². The summed E-state index contributed by atoms with van der Waals surface area (Å²) in [5.41, 5.74) is 2.52. The predicted molar refractivity (Wildman–Crippen MR) is 104 cm³/mol. The van der Waals surface area contributed by atoms with E-state index in [0.29, 0.717) is 36.6 Å². The number of hydrogen-bond donors (Lipinski definition) is 0. The first-order valence-corrected chi connectivity index (χ1v) is 9.39. The van der Waals surface area contributed by atoms with Gasteiger partial charge in [-0.15, -0.1) is 0 Å². The lowest BCUT2D eigenvalue weighted by Gasteiger charge is -2.33. The van der Waals surface area contributed by atoms with Gasteiger partial charge in [-0.3, -0.25) is 4.79 Å². The Kier molecular flexibility index (Phi) is 5.15. The molecule has 4 rings (SSSR count). The summed E-state index contributed by atoms with van der Waals surface area (Å²) in [5.74, 6) is -0.527. The number of rotatable bonds is 3. The van der Waals surface area contributed by atoms with Crippen LogP contribution in [0.25, 0.3) is 5.69 Å². The molecule has 0 bridgehead atoms. The molecule has 0 spiro atoms. The predicted octanol–water partition coefficient (Wildman–Crippen LogP) is 4.19. The molecule has 5 nitrogen and oxygen atoms in total. The van der Waals surface area contributed by atoms with Crippen molar-refractivity contribution < 1.29 is 13.9 Å². The van der Waals surface area contributed by atoms with Gasteiger partial charge in [-0.2, -0.15) is 5.10 Å². The zero-order chi connectivity index (χ0) is 19.7. The van der Waals surface area contributed by atoms with Crippen molar-refractivity contribution in [2.24, 2.45) is 0 Å². The minimum absolute atomic E-state index is 0.176. The molecule has 0 unspecified atom stereocenters. The molecule has 0 N–H and O–H groups in total. The summed E-state index contributed by atoms with van der Waals surface area (Å²) in [6.45, 7) is 3.13. The molecule has 7 heteroatoms. The van der Waals surface area contributed by atoms with Gasteiger partial charge in [0.05, 0.1) is 30.1 Å². The maximum Gasteiger partial charge on any atom is 0.259 e. The van der Waals surface area contributed by atoms with E-state index < -0.39 is 0 Å². The number of amides is 1. The fraction of sp³-hybridized carbons (Fsp3) is 0.238. The first kappa shape index (κ1) is 18.7. The molecule has 1 aliphatic rings. The second kappa shape index (κ2) is 7.73. The number of ether oxygens (including phenoxy) is 1. The van der Waals surface area contributed by atoms with Gasteiger partial charge < -0.3 is 9.64 Å². The minimum Gasteiger partial charge on any atom is -0.370 e. The molecular weight excluding hydrogens is 381 g/mol. The van der Waals surface area contributed by atoms with E-state index in [4.69, 9.17) is 16.3 Å². The zero-order valence-corrected chi connectivity index (χ0v) is 16.1. The summed E-state index contributed by atoms with van der Waals surface area (Å²) >= 11 is 6.50. The molecule has 3 aromatic rings. The highest BCUT2D eigenvalue weighted by molar-refractivity contribution is 6.33. The van der Waals surface area contributed by atoms with Crippen LogP contribution in [0.15, 0.2) is 54.6 Å². The number of aromatic nitrogens is 2. The van der Waals surface area contributed by atoms with Gasteiger partial charge >= 0.3 is 0 Å². The van der Waals surface area contributed by atoms with Gasteiger partial charge in [0.2, 0.25) is 0 Å². The maximum absolute atomic E-state index is 13.2. The van der Waals surface area contributed by atoms with Crippen LogP contribution in [0.4, 0.5) is 4.39 Å². The summed E-state index contributed by atoms with van der Waals surface area (Å²) < 4.78 is 20.5. The van der Waals surface area contributed by atoms with Crippen molar-refractivity contribution in [2.75, 3.05) is 19.7 Å². The Hall–Kier alpha value is -2.70. The highest BCUT2D eigenvalue weighted by atomic mass is 35.5. The van der Waals surface area contributed by atoms with Crippen molar-refractivity contribution in [1.82, 2.24) is 14.7 Å². The van der Waals surface area contributed by atoms with Crippen LogP contribution in [-0.4, -0.2) is 40.3 Å². The lowest BCUT2D eigenvalue weighted by atomic mass is 10.1. The highest BCUT2D eigenvalue weighted by Crippen LogP contribution is 2.28. The van der Waals surface area contributed by atoms with Crippen LogP contribution < -0.4 is 0 Å². The molecule has 1 amide bonds. The van der Waals surface area contributed by atoms with E-state index in [1.54, 1.807) is 24.0 Å². The smallest absolute Gasteiger partial charge is 0.259 e. The molecule has 28 heavy (non-hydrogen) atoms. The Morgan fingerprint density at radius 1 is 1.18 bits per heavy atom. The van der Waals surface area contributed by atoms with Crippen molar-refractivity contribution in [3.05, 3.63) is 82.4 Å². The molecule has 1 atom stereocenters. The van der Waals surface area contributed by atoms with Gasteiger partial charge in [-0.05, 0) is 36.8 Å². The lowest BCUT2D eigenvalue weighted by molar-refractivity contribution is -0.0228. The van der Waals surface area contributed by atoms with Crippen LogP contribution in [0.1, 0.15) is 27.7 Å². The van der Waals surface area contributed by atoms with Gasteiger partial charge in [-0.25, -0.2) is 9.07 Å². The Labute approximate surface area is 167 Å². The van der Waals surface area contributed by atoms with Gasteiger partial charge in [0.15, 0.2) is 0 Å². The Morgan fingerprint density at radius 2 is 1.89 bits per heavy atom. The third kappa shape index (κ3) is 3.53. The number of halogens is 2. The SMILES string of the molecule is Cc1nn(-c2ccc(F)cc2)c(Cl)c1C(=O)N1CCO[C@@H](c2ccccc2)C1. The second-order valence-electron chi connectivity index (χ2n) is 6.66. The van der Waals surface area contributed by atoms with Crippen molar-refractivity contribution in [2.45, 2.75) is 13.0 Å². The van der Waals surface area contributed by atoms with Crippen LogP contribution in [0.3, 0.4) is 0 Å². The monoisotopic (exact) mass is 399 g/mol. The van der Waals surface area contributed by atoms with Crippen molar-refractivity contribution >= 4 is 17.5 Å². The highest BCUT2D eigenvalue weighted by Gasteiger charge is 2.30. The van der Waals surface area contributed by atoms with Crippen LogP contribution in [0.2, 0.25) is 5.15 Å². The average molecular weight is 400 g/mol. The number of hydrogen-bond acceptors (Lipinski definition) is 3. The Bertz CT molecular complexity index is 989. The average Bonchev–Trinajstić information content (AvgIpc) is 3.03. The molecule has 2 aromatic carbocycles. The minimum atomic E-state index is -0.347. The Morgan fingerprint density at radius 3 is 2.61 bits per heavy atom. The summed E-state index contributed by atoms with van der Waals surface area (Å²) in [6, 6.07) is 15.6. The first-order valence-electron chi connectivity index (χ1n) is 9.01. The zero-order valence-electron chi connectivity index (χ0n) is 15.3.